The highest BCUT2D eigenvalue weighted by Gasteiger charge is 2.62. The van der Waals surface area contributed by atoms with Crippen molar-refractivity contribution in [1.29, 1.82) is 0 Å². The standard InChI is InChI=1S/C21H24F3NO3/c1-15(26)18(14-13-16-9-5-3-6-10-16)25-19(27)20(28-2,21(22,23)24)17-11-7-4-8-12-17/h3-12,15,18,26H,13-14H2,1-2H3,(H,25,27)/t15-,18+,20-/m0/s1. The van der Waals surface area contributed by atoms with Gasteiger partial charge in [-0.15, -0.1) is 0 Å². The number of rotatable bonds is 8. The van der Waals surface area contributed by atoms with Crippen LogP contribution >= 0.6 is 0 Å². The maximum atomic E-state index is 14.0. The number of alkyl halides is 3. The number of carbonyl (C=O) groups is 1. The fourth-order valence-corrected chi connectivity index (χ4v) is 3.09. The lowest BCUT2D eigenvalue weighted by atomic mass is 9.90. The van der Waals surface area contributed by atoms with Crippen molar-refractivity contribution in [3.05, 3.63) is 71.8 Å². The first-order valence-electron chi connectivity index (χ1n) is 8.92. The van der Waals surface area contributed by atoms with Crippen LogP contribution in [0.1, 0.15) is 24.5 Å². The van der Waals surface area contributed by atoms with Crippen LogP contribution in [0.2, 0.25) is 0 Å². The Morgan fingerprint density at radius 1 is 1.07 bits per heavy atom. The van der Waals surface area contributed by atoms with Crippen molar-refractivity contribution in [1.82, 2.24) is 5.32 Å². The molecule has 7 heteroatoms. The summed E-state index contributed by atoms with van der Waals surface area (Å²) in [5.74, 6) is -1.35. The summed E-state index contributed by atoms with van der Waals surface area (Å²) in [7, 11) is 0.849. The van der Waals surface area contributed by atoms with Gasteiger partial charge in [0, 0.05) is 12.7 Å². The van der Waals surface area contributed by atoms with E-state index in [1.807, 2.05) is 30.3 Å². The molecule has 2 aromatic carbocycles. The number of ether oxygens (including phenoxy) is 1. The molecule has 0 bridgehead atoms. The van der Waals surface area contributed by atoms with Crippen LogP contribution < -0.4 is 5.32 Å². The zero-order chi connectivity index (χ0) is 20.8. The Morgan fingerprint density at radius 2 is 1.61 bits per heavy atom. The minimum atomic E-state index is -4.99. The Kier molecular flexibility index (Phi) is 7.21. The van der Waals surface area contributed by atoms with Gasteiger partial charge in [0.05, 0.1) is 12.1 Å². The van der Waals surface area contributed by atoms with E-state index < -0.39 is 29.8 Å². The lowest BCUT2D eigenvalue weighted by Gasteiger charge is -2.35. The number of carbonyl (C=O) groups excluding carboxylic acids is 1. The van der Waals surface area contributed by atoms with Gasteiger partial charge in [-0.25, -0.2) is 0 Å². The summed E-state index contributed by atoms with van der Waals surface area (Å²) in [5.41, 5.74) is -2.53. The number of aliphatic hydroxyl groups excluding tert-OH is 1. The van der Waals surface area contributed by atoms with Gasteiger partial charge in [-0.1, -0.05) is 60.7 Å². The number of benzene rings is 2. The Morgan fingerprint density at radius 3 is 2.07 bits per heavy atom. The molecule has 0 aliphatic heterocycles. The number of methoxy groups -OCH3 is 1. The molecule has 0 aromatic heterocycles. The Bertz CT molecular complexity index is 750. The van der Waals surface area contributed by atoms with Gasteiger partial charge >= 0.3 is 6.18 Å². The van der Waals surface area contributed by atoms with Crippen LogP contribution in [0.3, 0.4) is 0 Å². The van der Waals surface area contributed by atoms with Gasteiger partial charge < -0.3 is 15.2 Å². The highest BCUT2D eigenvalue weighted by Crippen LogP contribution is 2.42. The van der Waals surface area contributed by atoms with Crippen molar-refractivity contribution in [3.8, 4) is 0 Å². The summed E-state index contributed by atoms with van der Waals surface area (Å²) in [6, 6.07) is 15.2. The van der Waals surface area contributed by atoms with Gasteiger partial charge in [0.2, 0.25) is 0 Å². The summed E-state index contributed by atoms with van der Waals surface area (Å²) in [6.45, 7) is 1.43. The summed E-state index contributed by atoms with van der Waals surface area (Å²) in [5, 5.41) is 12.4. The highest BCUT2D eigenvalue weighted by molar-refractivity contribution is 5.88. The molecular weight excluding hydrogens is 371 g/mol. The topological polar surface area (TPSA) is 58.6 Å². The van der Waals surface area contributed by atoms with Crippen LogP contribution in [0, 0.1) is 0 Å². The molecule has 0 spiro atoms. The van der Waals surface area contributed by atoms with E-state index in [0.717, 1.165) is 12.7 Å². The fraction of sp³-hybridized carbons (Fsp3) is 0.381. The molecule has 0 unspecified atom stereocenters. The van der Waals surface area contributed by atoms with Crippen LogP contribution in [-0.2, 0) is 21.6 Å². The van der Waals surface area contributed by atoms with Crippen LogP contribution in [-0.4, -0.2) is 36.4 Å². The van der Waals surface area contributed by atoms with Gasteiger partial charge in [0.15, 0.2) is 0 Å². The molecule has 0 aliphatic carbocycles. The van der Waals surface area contributed by atoms with Gasteiger partial charge in [-0.05, 0) is 25.3 Å². The second-order valence-corrected chi connectivity index (χ2v) is 6.59. The van der Waals surface area contributed by atoms with E-state index in [0.29, 0.717) is 6.42 Å². The van der Waals surface area contributed by atoms with Crippen molar-refractivity contribution in [2.24, 2.45) is 0 Å². The van der Waals surface area contributed by atoms with Crippen molar-refractivity contribution in [2.75, 3.05) is 7.11 Å². The number of aliphatic hydroxyl groups is 1. The maximum Gasteiger partial charge on any atom is 0.430 e. The smallest absolute Gasteiger partial charge is 0.391 e. The molecule has 1 amide bonds. The monoisotopic (exact) mass is 395 g/mol. The van der Waals surface area contributed by atoms with E-state index in [-0.39, 0.29) is 12.0 Å². The predicted octanol–water partition coefficient (Wildman–Crippen LogP) is 3.59. The van der Waals surface area contributed by atoms with E-state index in [4.69, 9.17) is 4.74 Å². The number of hydrogen-bond acceptors (Lipinski definition) is 3. The van der Waals surface area contributed by atoms with E-state index >= 15 is 0 Å². The molecular formula is C21H24F3NO3. The molecule has 152 valence electrons. The predicted molar refractivity (Wildman–Crippen MR) is 99.6 cm³/mol. The molecule has 0 radical (unpaired) electrons. The van der Waals surface area contributed by atoms with Gasteiger partial charge in [0.25, 0.3) is 11.5 Å². The molecule has 0 aliphatic rings. The molecule has 28 heavy (non-hydrogen) atoms. The zero-order valence-corrected chi connectivity index (χ0v) is 15.7. The first-order chi connectivity index (χ1) is 13.2. The SMILES string of the molecule is CO[C@](C(=O)N[C@H](CCc1ccccc1)[C@H](C)O)(c1ccccc1)C(F)(F)F. The lowest BCUT2D eigenvalue weighted by molar-refractivity contribution is -0.266. The molecule has 0 saturated carbocycles. The lowest BCUT2D eigenvalue weighted by Crippen LogP contribution is -2.59. The summed E-state index contributed by atoms with van der Waals surface area (Å²) >= 11 is 0. The average Bonchev–Trinajstić information content (AvgIpc) is 2.66. The number of hydrogen-bond donors (Lipinski definition) is 2. The van der Waals surface area contributed by atoms with Crippen LogP contribution in [0.25, 0.3) is 0 Å². The highest BCUT2D eigenvalue weighted by atomic mass is 19.4. The summed E-state index contributed by atoms with van der Waals surface area (Å²) in [4.78, 5) is 12.8. The van der Waals surface area contributed by atoms with E-state index in [1.54, 1.807) is 6.07 Å². The minimum absolute atomic E-state index is 0.278. The zero-order valence-electron chi connectivity index (χ0n) is 15.7. The van der Waals surface area contributed by atoms with Gasteiger partial charge in [-0.3, -0.25) is 4.79 Å². The van der Waals surface area contributed by atoms with E-state index in [2.05, 4.69) is 5.32 Å². The third-order valence-electron chi connectivity index (χ3n) is 4.69. The third-order valence-corrected chi connectivity index (χ3v) is 4.69. The van der Waals surface area contributed by atoms with Crippen LogP contribution in [0.15, 0.2) is 60.7 Å². The molecule has 0 fully saturated rings. The normalized spacial score (nSPS) is 16.1. The summed E-state index contributed by atoms with van der Waals surface area (Å²) in [6.07, 6.45) is -5.25. The molecule has 3 atom stereocenters. The second-order valence-electron chi connectivity index (χ2n) is 6.59. The van der Waals surface area contributed by atoms with E-state index in [1.165, 1.54) is 31.2 Å². The number of nitrogens with one attached hydrogen (secondary N) is 1. The summed E-state index contributed by atoms with van der Waals surface area (Å²) < 4.78 is 46.7. The second kappa shape index (κ2) is 9.21. The first-order valence-corrected chi connectivity index (χ1v) is 8.92. The molecule has 2 aromatic rings. The average molecular weight is 395 g/mol. The molecule has 0 heterocycles. The first kappa shape index (κ1) is 21.9. The van der Waals surface area contributed by atoms with E-state index in [9.17, 15) is 23.1 Å². The quantitative estimate of drug-likeness (QED) is 0.718. The molecule has 2 N–H and O–H groups in total. The third kappa shape index (κ3) is 4.72. The number of aryl methyl sites for hydroxylation is 1. The maximum absolute atomic E-state index is 14.0. The molecule has 2 rings (SSSR count). The Labute approximate surface area is 162 Å². The number of amides is 1. The fourth-order valence-electron chi connectivity index (χ4n) is 3.09. The van der Waals surface area contributed by atoms with Crippen molar-refractivity contribution in [3.63, 3.8) is 0 Å². The van der Waals surface area contributed by atoms with Crippen molar-refractivity contribution < 1.29 is 27.8 Å². The minimum Gasteiger partial charge on any atom is -0.391 e. The molecule has 0 saturated heterocycles. The Hall–Kier alpha value is -2.38. The van der Waals surface area contributed by atoms with Crippen LogP contribution in [0.5, 0.6) is 0 Å². The van der Waals surface area contributed by atoms with Crippen LogP contribution in [0.4, 0.5) is 13.2 Å². The van der Waals surface area contributed by atoms with Gasteiger partial charge in [0.1, 0.15) is 0 Å². The van der Waals surface area contributed by atoms with Crippen molar-refractivity contribution >= 4 is 5.91 Å². The molecule has 4 nitrogen and oxygen atoms in total. The Balaban J connectivity index is 2.27. The van der Waals surface area contributed by atoms with Crippen molar-refractivity contribution in [2.45, 2.75) is 43.7 Å². The number of halogens is 3. The van der Waals surface area contributed by atoms with Gasteiger partial charge in [-0.2, -0.15) is 13.2 Å². The largest absolute Gasteiger partial charge is 0.430 e.